The number of carbonyl (C=O) groups is 3. The second-order valence-corrected chi connectivity index (χ2v) is 9.75. The fraction of sp³-hybridized carbons (Fsp3) is 0.323. The lowest BCUT2D eigenvalue weighted by Crippen LogP contribution is -2.16. The minimum atomic E-state index is -0.438. The SMILES string of the molecule is CC(=O)Oc1ccc(C)cc1Cc1cc(C)cc(Cc2cc(C)ccc2OC(=O)C(C)C)c1OC(C)=O. The van der Waals surface area contributed by atoms with Crippen LogP contribution in [0.15, 0.2) is 48.5 Å². The second kappa shape index (κ2) is 11.9. The Morgan fingerprint density at radius 3 is 1.49 bits per heavy atom. The van der Waals surface area contributed by atoms with Gasteiger partial charge in [0.25, 0.3) is 0 Å². The van der Waals surface area contributed by atoms with E-state index in [9.17, 15) is 14.4 Å². The molecule has 0 atom stereocenters. The summed E-state index contributed by atoms with van der Waals surface area (Å²) in [5.41, 5.74) is 6.22. The highest BCUT2D eigenvalue weighted by Gasteiger charge is 2.20. The highest BCUT2D eigenvalue weighted by Crippen LogP contribution is 2.35. The largest absolute Gasteiger partial charge is 0.426 e. The Bertz CT molecular complexity index is 1340. The molecule has 37 heavy (non-hydrogen) atoms. The molecule has 3 rings (SSSR count). The highest BCUT2D eigenvalue weighted by molar-refractivity contribution is 5.75. The van der Waals surface area contributed by atoms with Gasteiger partial charge >= 0.3 is 17.9 Å². The molecule has 0 aliphatic carbocycles. The minimum Gasteiger partial charge on any atom is -0.426 e. The van der Waals surface area contributed by atoms with Crippen LogP contribution in [0.3, 0.4) is 0 Å². The quantitative estimate of drug-likeness (QED) is 0.269. The Hall–Kier alpha value is -3.93. The monoisotopic (exact) mass is 502 g/mol. The molecule has 0 fully saturated rings. The average Bonchev–Trinajstić information content (AvgIpc) is 2.79. The number of carbonyl (C=O) groups excluding carboxylic acids is 3. The standard InChI is InChI=1S/C31H34O6/c1-18(2)31(34)37-29-11-9-20(4)13-25(29)17-27-15-21(5)14-26(30(27)36-23(7)33)16-24-12-19(3)8-10-28(24)35-22(6)32/h8-15,18H,16-17H2,1-7H3. The number of ether oxygens (including phenoxy) is 3. The van der Waals surface area contributed by atoms with Gasteiger partial charge in [-0.05, 0) is 55.2 Å². The minimum absolute atomic E-state index is 0.267. The normalized spacial score (nSPS) is 10.8. The summed E-state index contributed by atoms with van der Waals surface area (Å²) in [5.74, 6) is -0.0149. The van der Waals surface area contributed by atoms with Crippen molar-refractivity contribution in [1.29, 1.82) is 0 Å². The molecule has 0 spiro atoms. The van der Waals surface area contributed by atoms with E-state index in [0.717, 1.165) is 38.9 Å². The van der Waals surface area contributed by atoms with E-state index in [1.165, 1.54) is 13.8 Å². The van der Waals surface area contributed by atoms with Crippen LogP contribution < -0.4 is 14.2 Å². The summed E-state index contributed by atoms with van der Waals surface area (Å²) in [6.07, 6.45) is 0.787. The molecule has 0 heterocycles. The van der Waals surface area contributed by atoms with Crippen molar-refractivity contribution < 1.29 is 28.6 Å². The van der Waals surface area contributed by atoms with Gasteiger partial charge in [-0.15, -0.1) is 0 Å². The van der Waals surface area contributed by atoms with Crippen molar-refractivity contribution in [2.45, 2.75) is 61.3 Å². The Labute approximate surface area is 218 Å². The molecule has 0 amide bonds. The van der Waals surface area contributed by atoms with Crippen LogP contribution in [0.1, 0.15) is 66.6 Å². The van der Waals surface area contributed by atoms with Gasteiger partial charge in [0.15, 0.2) is 0 Å². The Kier molecular flexibility index (Phi) is 8.87. The van der Waals surface area contributed by atoms with Crippen LogP contribution >= 0.6 is 0 Å². The molecule has 0 aliphatic heterocycles. The van der Waals surface area contributed by atoms with Crippen LogP contribution in [0.4, 0.5) is 0 Å². The van der Waals surface area contributed by atoms with E-state index in [0.29, 0.717) is 30.1 Å². The van der Waals surface area contributed by atoms with E-state index in [4.69, 9.17) is 14.2 Å². The van der Waals surface area contributed by atoms with Crippen molar-refractivity contribution >= 4 is 17.9 Å². The number of benzene rings is 3. The van der Waals surface area contributed by atoms with Crippen molar-refractivity contribution in [3.8, 4) is 17.2 Å². The first kappa shape index (κ1) is 27.7. The maximum Gasteiger partial charge on any atom is 0.313 e. The predicted octanol–water partition coefficient (Wildman–Crippen LogP) is 6.21. The van der Waals surface area contributed by atoms with E-state index in [1.807, 2.05) is 57.2 Å². The summed E-state index contributed by atoms with van der Waals surface area (Å²) >= 11 is 0. The zero-order valence-electron chi connectivity index (χ0n) is 22.6. The summed E-state index contributed by atoms with van der Waals surface area (Å²) in [4.78, 5) is 36.2. The summed E-state index contributed by atoms with van der Waals surface area (Å²) in [5, 5.41) is 0. The molecule has 0 aromatic heterocycles. The molecule has 194 valence electrons. The molecule has 0 saturated heterocycles. The Balaban J connectivity index is 2.10. The summed E-state index contributed by atoms with van der Waals surface area (Å²) < 4.78 is 16.9. The lowest BCUT2D eigenvalue weighted by Gasteiger charge is -2.18. The van der Waals surface area contributed by atoms with Gasteiger partial charge in [-0.2, -0.15) is 0 Å². The van der Waals surface area contributed by atoms with Crippen LogP contribution in [0.5, 0.6) is 17.2 Å². The van der Waals surface area contributed by atoms with Crippen LogP contribution in [0.2, 0.25) is 0 Å². The zero-order chi connectivity index (χ0) is 27.3. The summed E-state index contributed by atoms with van der Waals surface area (Å²) in [6, 6.07) is 15.2. The van der Waals surface area contributed by atoms with Gasteiger partial charge in [-0.25, -0.2) is 0 Å². The first-order chi connectivity index (χ1) is 17.4. The molecule has 0 aliphatic rings. The summed E-state index contributed by atoms with van der Waals surface area (Å²) in [7, 11) is 0. The number of hydrogen-bond donors (Lipinski definition) is 0. The molecule has 3 aromatic rings. The zero-order valence-corrected chi connectivity index (χ0v) is 22.6. The third-order valence-corrected chi connectivity index (χ3v) is 5.76. The van der Waals surface area contributed by atoms with Crippen LogP contribution in [-0.2, 0) is 27.2 Å². The van der Waals surface area contributed by atoms with Crippen molar-refractivity contribution in [2.24, 2.45) is 5.92 Å². The van der Waals surface area contributed by atoms with Crippen molar-refractivity contribution in [3.05, 3.63) is 87.5 Å². The van der Waals surface area contributed by atoms with E-state index in [-0.39, 0.29) is 11.9 Å². The fourth-order valence-electron chi connectivity index (χ4n) is 4.15. The second-order valence-electron chi connectivity index (χ2n) is 9.75. The fourth-order valence-corrected chi connectivity index (χ4v) is 4.15. The molecular weight excluding hydrogens is 468 g/mol. The van der Waals surface area contributed by atoms with E-state index in [2.05, 4.69) is 0 Å². The predicted molar refractivity (Wildman–Crippen MR) is 142 cm³/mol. The Morgan fingerprint density at radius 2 is 1.05 bits per heavy atom. The van der Waals surface area contributed by atoms with Crippen LogP contribution in [0.25, 0.3) is 0 Å². The lowest BCUT2D eigenvalue weighted by atomic mass is 9.93. The molecule has 0 unspecified atom stereocenters. The van der Waals surface area contributed by atoms with Gasteiger partial charge in [0.2, 0.25) is 0 Å². The molecule has 0 N–H and O–H groups in total. The molecule has 6 heteroatoms. The van der Waals surface area contributed by atoms with Gasteiger partial charge in [-0.3, -0.25) is 14.4 Å². The first-order valence-corrected chi connectivity index (χ1v) is 12.3. The number of aryl methyl sites for hydroxylation is 3. The summed E-state index contributed by atoms with van der Waals surface area (Å²) in [6.45, 7) is 12.2. The van der Waals surface area contributed by atoms with Crippen molar-refractivity contribution in [3.63, 3.8) is 0 Å². The Morgan fingerprint density at radius 1 is 0.622 bits per heavy atom. The molecule has 6 nitrogen and oxygen atoms in total. The topological polar surface area (TPSA) is 78.9 Å². The lowest BCUT2D eigenvalue weighted by molar-refractivity contribution is -0.138. The van der Waals surface area contributed by atoms with Gasteiger partial charge in [-0.1, -0.05) is 66.9 Å². The molecule has 0 radical (unpaired) electrons. The molecule has 3 aromatic carbocycles. The van der Waals surface area contributed by atoms with Crippen LogP contribution in [0, 0.1) is 26.7 Å². The molecular formula is C31H34O6. The number of rotatable bonds is 8. The number of esters is 3. The highest BCUT2D eigenvalue weighted by atomic mass is 16.5. The van der Waals surface area contributed by atoms with E-state index >= 15 is 0 Å². The molecule has 0 saturated carbocycles. The van der Waals surface area contributed by atoms with Crippen LogP contribution in [-0.4, -0.2) is 17.9 Å². The smallest absolute Gasteiger partial charge is 0.313 e. The van der Waals surface area contributed by atoms with E-state index in [1.54, 1.807) is 26.0 Å². The number of hydrogen-bond acceptors (Lipinski definition) is 6. The van der Waals surface area contributed by atoms with Crippen molar-refractivity contribution in [1.82, 2.24) is 0 Å². The first-order valence-electron chi connectivity index (χ1n) is 12.3. The van der Waals surface area contributed by atoms with E-state index < -0.39 is 11.9 Å². The maximum atomic E-state index is 12.3. The van der Waals surface area contributed by atoms with Gasteiger partial charge in [0, 0.05) is 26.7 Å². The third kappa shape index (κ3) is 7.53. The third-order valence-electron chi connectivity index (χ3n) is 5.76. The maximum absolute atomic E-state index is 12.3. The van der Waals surface area contributed by atoms with Gasteiger partial charge in [0.05, 0.1) is 5.92 Å². The van der Waals surface area contributed by atoms with Gasteiger partial charge in [0.1, 0.15) is 17.2 Å². The average molecular weight is 503 g/mol. The van der Waals surface area contributed by atoms with Gasteiger partial charge < -0.3 is 14.2 Å². The van der Waals surface area contributed by atoms with Crippen molar-refractivity contribution in [2.75, 3.05) is 0 Å². The molecule has 0 bridgehead atoms.